The molecule has 0 saturated heterocycles. The molecule has 0 spiro atoms. The predicted molar refractivity (Wildman–Crippen MR) is 111 cm³/mol. The molecule has 1 aromatic carbocycles. The number of amides is 1. The van der Waals surface area contributed by atoms with E-state index in [-0.39, 0.29) is 28.9 Å². The van der Waals surface area contributed by atoms with E-state index < -0.39 is 9.84 Å². The maximum absolute atomic E-state index is 12.4. The maximum atomic E-state index is 12.4. The van der Waals surface area contributed by atoms with Gasteiger partial charge in [-0.25, -0.2) is 8.42 Å². The zero-order valence-corrected chi connectivity index (χ0v) is 17.9. The number of benzene rings is 1. The van der Waals surface area contributed by atoms with Crippen LogP contribution in [0, 0.1) is 0 Å². The zero-order valence-electron chi connectivity index (χ0n) is 16.3. The molecule has 28 heavy (non-hydrogen) atoms. The summed E-state index contributed by atoms with van der Waals surface area (Å²) >= 11 is 5.82. The number of likely N-dealkylation sites (N-methyl/N-ethyl adjacent to an activating group) is 1. The normalized spacial score (nSPS) is 11.7. The van der Waals surface area contributed by atoms with E-state index in [1.807, 2.05) is 7.05 Å². The van der Waals surface area contributed by atoms with Crippen molar-refractivity contribution < 1.29 is 17.6 Å². The van der Waals surface area contributed by atoms with E-state index in [9.17, 15) is 13.2 Å². The van der Waals surface area contributed by atoms with Crippen molar-refractivity contribution in [3.8, 4) is 0 Å². The Balaban J connectivity index is 1.85. The van der Waals surface area contributed by atoms with Crippen LogP contribution in [0.2, 0.25) is 5.02 Å². The molecule has 0 aliphatic heterocycles. The van der Waals surface area contributed by atoms with Gasteiger partial charge in [-0.15, -0.1) is 0 Å². The summed E-state index contributed by atoms with van der Waals surface area (Å²) in [6.45, 7) is 4.38. The highest BCUT2D eigenvalue weighted by Crippen LogP contribution is 2.17. The number of rotatable bonds is 11. The van der Waals surface area contributed by atoms with Gasteiger partial charge in [-0.2, -0.15) is 0 Å². The number of carbonyl (C=O) groups is 1. The third-order valence-electron chi connectivity index (χ3n) is 4.22. The van der Waals surface area contributed by atoms with Crippen LogP contribution in [0.3, 0.4) is 0 Å². The predicted octanol–water partition coefficient (Wildman–Crippen LogP) is 3.51. The van der Waals surface area contributed by atoms with Crippen LogP contribution in [0.25, 0.3) is 0 Å². The van der Waals surface area contributed by atoms with Crippen molar-refractivity contribution in [3.05, 3.63) is 58.5 Å². The van der Waals surface area contributed by atoms with Crippen LogP contribution in [0.5, 0.6) is 0 Å². The van der Waals surface area contributed by atoms with Crippen LogP contribution >= 0.6 is 11.6 Å². The van der Waals surface area contributed by atoms with Crippen LogP contribution in [-0.2, 0) is 21.3 Å². The lowest BCUT2D eigenvalue weighted by Crippen LogP contribution is -2.33. The molecule has 0 saturated carbocycles. The van der Waals surface area contributed by atoms with Crippen LogP contribution in [0.15, 0.2) is 40.8 Å². The van der Waals surface area contributed by atoms with Crippen molar-refractivity contribution in [3.63, 3.8) is 0 Å². The largest absolute Gasteiger partial charge is 0.455 e. The average Bonchev–Trinajstić information content (AvgIpc) is 3.09. The zero-order chi connectivity index (χ0) is 20.6. The van der Waals surface area contributed by atoms with E-state index in [1.54, 1.807) is 24.3 Å². The molecule has 0 aliphatic carbocycles. The highest BCUT2D eigenvalue weighted by molar-refractivity contribution is 7.89. The lowest BCUT2D eigenvalue weighted by atomic mass is 10.2. The van der Waals surface area contributed by atoms with Gasteiger partial charge in [-0.3, -0.25) is 4.79 Å². The Morgan fingerprint density at radius 3 is 2.50 bits per heavy atom. The standard InChI is InChI=1S/C20H27ClN2O4S/c1-3-4-12-23(2)13-11-22-20(24)19-10-9-18(27-19)15-28(25,26)14-16-5-7-17(21)8-6-16/h5-10H,3-4,11-15H2,1-2H3,(H,22,24). The van der Waals surface area contributed by atoms with Gasteiger partial charge in [-0.1, -0.05) is 37.1 Å². The molecule has 0 aliphatic rings. The first-order valence-corrected chi connectivity index (χ1v) is 11.5. The van der Waals surface area contributed by atoms with Gasteiger partial charge in [0, 0.05) is 18.1 Å². The van der Waals surface area contributed by atoms with Crippen molar-refractivity contribution >= 4 is 27.3 Å². The van der Waals surface area contributed by atoms with Crippen molar-refractivity contribution in [2.45, 2.75) is 31.3 Å². The molecule has 8 heteroatoms. The Hall–Kier alpha value is -1.83. The Morgan fingerprint density at radius 1 is 1.11 bits per heavy atom. The molecule has 2 aromatic rings. The number of unbranched alkanes of at least 4 members (excludes halogenated alkanes) is 1. The third kappa shape index (κ3) is 7.66. The SMILES string of the molecule is CCCCN(C)CCNC(=O)c1ccc(CS(=O)(=O)Cc2ccc(Cl)cc2)o1. The van der Waals surface area contributed by atoms with Gasteiger partial charge < -0.3 is 14.6 Å². The number of carbonyl (C=O) groups excluding carboxylic acids is 1. The second-order valence-electron chi connectivity index (χ2n) is 6.84. The molecule has 0 atom stereocenters. The van der Waals surface area contributed by atoms with Gasteiger partial charge >= 0.3 is 0 Å². The Morgan fingerprint density at radius 2 is 1.82 bits per heavy atom. The first kappa shape index (κ1) is 22.5. The number of nitrogens with zero attached hydrogens (tertiary/aromatic N) is 1. The molecule has 2 rings (SSSR count). The minimum absolute atomic E-state index is 0.115. The van der Waals surface area contributed by atoms with E-state index >= 15 is 0 Å². The fourth-order valence-electron chi connectivity index (χ4n) is 2.67. The quantitative estimate of drug-likeness (QED) is 0.594. The van der Waals surface area contributed by atoms with Gasteiger partial charge in [0.15, 0.2) is 15.6 Å². The van der Waals surface area contributed by atoms with E-state index in [0.29, 0.717) is 17.1 Å². The second kappa shape index (κ2) is 10.6. The summed E-state index contributed by atoms with van der Waals surface area (Å²) in [4.78, 5) is 14.3. The lowest BCUT2D eigenvalue weighted by Gasteiger charge is -2.15. The summed E-state index contributed by atoms with van der Waals surface area (Å²) in [6.07, 6.45) is 2.25. The summed E-state index contributed by atoms with van der Waals surface area (Å²) in [5, 5.41) is 3.35. The topological polar surface area (TPSA) is 79.6 Å². The fraction of sp³-hybridized carbons (Fsp3) is 0.450. The van der Waals surface area contributed by atoms with Gasteiger partial charge in [0.25, 0.3) is 5.91 Å². The third-order valence-corrected chi connectivity index (χ3v) is 5.97. The molecule has 1 N–H and O–H groups in total. The molecule has 154 valence electrons. The highest BCUT2D eigenvalue weighted by Gasteiger charge is 2.18. The molecular weight excluding hydrogens is 400 g/mol. The van der Waals surface area contributed by atoms with Gasteiger partial charge in [0.2, 0.25) is 0 Å². The molecule has 1 heterocycles. The average molecular weight is 427 g/mol. The van der Waals surface area contributed by atoms with E-state index in [0.717, 1.165) is 25.9 Å². The molecule has 0 unspecified atom stereocenters. The Bertz CT molecular complexity index is 863. The molecule has 6 nitrogen and oxygen atoms in total. The van der Waals surface area contributed by atoms with Crippen molar-refractivity contribution in [1.29, 1.82) is 0 Å². The van der Waals surface area contributed by atoms with Gasteiger partial charge in [-0.05, 0) is 49.8 Å². The minimum Gasteiger partial charge on any atom is -0.455 e. The number of furan rings is 1. The minimum atomic E-state index is -3.43. The summed E-state index contributed by atoms with van der Waals surface area (Å²) in [7, 11) is -1.41. The number of hydrogen-bond donors (Lipinski definition) is 1. The summed E-state index contributed by atoms with van der Waals surface area (Å²) in [5.41, 5.74) is 0.654. The van der Waals surface area contributed by atoms with E-state index in [2.05, 4.69) is 17.1 Å². The Labute approximate surface area is 171 Å². The van der Waals surface area contributed by atoms with Gasteiger partial charge in [0.05, 0.1) is 5.75 Å². The molecule has 1 aromatic heterocycles. The Kier molecular flexibility index (Phi) is 8.54. The van der Waals surface area contributed by atoms with Crippen LogP contribution < -0.4 is 5.32 Å². The molecule has 1 amide bonds. The number of sulfone groups is 1. The monoisotopic (exact) mass is 426 g/mol. The summed E-state index contributed by atoms with van der Waals surface area (Å²) in [6, 6.07) is 9.70. The number of hydrogen-bond acceptors (Lipinski definition) is 5. The van der Waals surface area contributed by atoms with E-state index in [4.69, 9.17) is 16.0 Å². The van der Waals surface area contributed by atoms with Crippen molar-refractivity contribution in [1.82, 2.24) is 10.2 Å². The highest BCUT2D eigenvalue weighted by atomic mass is 35.5. The fourth-order valence-corrected chi connectivity index (χ4v) is 4.18. The first-order chi connectivity index (χ1) is 13.3. The lowest BCUT2D eigenvalue weighted by molar-refractivity contribution is 0.0920. The first-order valence-electron chi connectivity index (χ1n) is 9.29. The number of halogens is 1. The summed E-state index contributed by atoms with van der Waals surface area (Å²) in [5.74, 6) is -0.351. The van der Waals surface area contributed by atoms with Crippen LogP contribution in [0.1, 0.15) is 41.6 Å². The smallest absolute Gasteiger partial charge is 0.287 e. The maximum Gasteiger partial charge on any atom is 0.287 e. The molecule has 0 radical (unpaired) electrons. The van der Waals surface area contributed by atoms with Crippen molar-refractivity contribution in [2.75, 3.05) is 26.7 Å². The second-order valence-corrected chi connectivity index (χ2v) is 9.34. The van der Waals surface area contributed by atoms with Crippen molar-refractivity contribution in [2.24, 2.45) is 0 Å². The molecule has 0 fully saturated rings. The number of nitrogens with one attached hydrogen (secondary N) is 1. The van der Waals surface area contributed by atoms with Gasteiger partial charge in [0.1, 0.15) is 11.5 Å². The van der Waals surface area contributed by atoms with Crippen LogP contribution in [0.4, 0.5) is 0 Å². The van der Waals surface area contributed by atoms with E-state index in [1.165, 1.54) is 12.1 Å². The van der Waals surface area contributed by atoms with Crippen LogP contribution in [-0.4, -0.2) is 45.9 Å². The molecular formula is C20H27ClN2O4S. The molecule has 0 bridgehead atoms. The summed E-state index contributed by atoms with van der Waals surface area (Å²) < 4.78 is 30.2.